The van der Waals surface area contributed by atoms with Crippen LogP contribution in [0.15, 0.2) is 72.8 Å². The molecule has 2 aliphatic heterocycles. The Labute approximate surface area is 355 Å². The maximum Gasteiger partial charge on any atom is 0.319 e. The molecule has 4 aromatic rings. The number of imide groups is 1. The lowest BCUT2D eigenvalue weighted by atomic mass is 9.92. The number of carbonyl (C=O) groups is 7. The lowest BCUT2D eigenvalue weighted by Gasteiger charge is -2.34. The van der Waals surface area contributed by atoms with E-state index >= 15 is 0 Å². The topological polar surface area (TPSA) is 194 Å². The Morgan fingerprint density at radius 1 is 0.917 bits per heavy atom. The lowest BCUT2D eigenvalue weighted by Crippen LogP contribution is -2.48. The van der Waals surface area contributed by atoms with Crippen LogP contribution >= 0.6 is 13.5 Å². The number of ketones is 2. The Bertz CT molecular complexity index is 2330. The van der Waals surface area contributed by atoms with E-state index < -0.39 is 35.1 Å². The first-order valence-electron chi connectivity index (χ1n) is 19.8. The number of fused-ring (bicyclic) bond motifs is 2. The zero-order valence-corrected chi connectivity index (χ0v) is 35.1. The number of aromatic amines is 1. The van der Waals surface area contributed by atoms with E-state index in [0.29, 0.717) is 48.4 Å². The Morgan fingerprint density at radius 3 is 2.35 bits per heavy atom. The van der Waals surface area contributed by atoms with E-state index in [9.17, 15) is 33.6 Å². The Kier molecular flexibility index (Phi) is 13.0. The summed E-state index contributed by atoms with van der Waals surface area (Å²) in [4.78, 5) is 95.5. The molecule has 0 spiro atoms. The number of benzene rings is 3. The number of Topliss-reactive ketones (excluding diaryl/α,β-unsaturated/α-hetero) is 2. The lowest BCUT2D eigenvalue weighted by molar-refractivity contribution is -0.132. The molecule has 1 aliphatic carbocycles. The predicted molar refractivity (Wildman–Crippen MR) is 229 cm³/mol. The highest BCUT2D eigenvalue weighted by Gasteiger charge is 2.46. The van der Waals surface area contributed by atoms with Crippen molar-refractivity contribution in [3.05, 3.63) is 112 Å². The van der Waals surface area contributed by atoms with Gasteiger partial charge in [0.25, 0.3) is 17.7 Å². The van der Waals surface area contributed by atoms with Gasteiger partial charge < -0.3 is 25.8 Å². The molecule has 0 saturated heterocycles. The summed E-state index contributed by atoms with van der Waals surface area (Å²) in [7, 11) is 3.92. The molecule has 2 atom stereocenters. The highest BCUT2D eigenvalue weighted by molar-refractivity contribution is 7.59. The summed E-state index contributed by atoms with van der Waals surface area (Å²) in [5, 5.41) is 16.3. The fraction of sp³-hybridized carbons (Fsp3) is 0.364. The molecule has 0 radical (unpaired) electrons. The summed E-state index contributed by atoms with van der Waals surface area (Å²) in [5.41, 5.74) is 3.82. The summed E-state index contributed by atoms with van der Waals surface area (Å²) < 4.78 is 0. The van der Waals surface area contributed by atoms with Gasteiger partial charge in [0.05, 0.1) is 47.4 Å². The summed E-state index contributed by atoms with van der Waals surface area (Å²) >= 11 is 0. The van der Waals surface area contributed by atoms with E-state index in [0.717, 1.165) is 21.7 Å². The molecule has 1 fully saturated rings. The van der Waals surface area contributed by atoms with Gasteiger partial charge in [0.1, 0.15) is 5.78 Å². The molecule has 16 heteroatoms. The predicted octanol–water partition coefficient (Wildman–Crippen LogP) is 5.48. The first-order valence-corrected chi connectivity index (χ1v) is 19.8. The van der Waals surface area contributed by atoms with Crippen molar-refractivity contribution < 1.29 is 33.6 Å². The zero-order chi connectivity index (χ0) is 42.0. The van der Waals surface area contributed by atoms with Crippen LogP contribution < -0.4 is 16.0 Å². The van der Waals surface area contributed by atoms with Gasteiger partial charge in [0.2, 0.25) is 5.91 Å². The number of H-pyrrole nitrogens is 1. The van der Waals surface area contributed by atoms with E-state index in [1.54, 1.807) is 47.4 Å². The number of nitrogens with zero attached hydrogens (tertiary/aromatic N) is 4. The van der Waals surface area contributed by atoms with Crippen molar-refractivity contribution in [2.24, 2.45) is 0 Å². The van der Waals surface area contributed by atoms with Crippen LogP contribution in [0.2, 0.25) is 0 Å². The van der Waals surface area contributed by atoms with Crippen LogP contribution in [0.3, 0.4) is 0 Å². The number of aryl methyl sites for hydroxylation is 1. The number of hydrogen-bond donors (Lipinski definition) is 4. The van der Waals surface area contributed by atoms with Crippen LogP contribution in [-0.4, -0.2) is 92.8 Å². The molecule has 3 aliphatic rings. The van der Waals surface area contributed by atoms with Crippen molar-refractivity contribution in [2.75, 3.05) is 31.3 Å². The summed E-state index contributed by atoms with van der Waals surface area (Å²) in [6.45, 7) is 4.72. The van der Waals surface area contributed by atoms with Gasteiger partial charge >= 0.3 is 6.03 Å². The van der Waals surface area contributed by atoms with Gasteiger partial charge in [-0.05, 0) is 95.1 Å². The Morgan fingerprint density at radius 2 is 1.65 bits per heavy atom. The van der Waals surface area contributed by atoms with Crippen molar-refractivity contribution in [2.45, 2.75) is 83.0 Å². The standard InChI is InChI=1S/C44H48N8O7.H2S/c1-44(2)38-32(24-51(44)43(59)46-33(25-50(3)4)26-11-6-5-7-12-26)39(49-48-38)47-40(56)28-17-19-29(20-18-28)45-36(55)16-9-8-13-27-14-10-15-31-37(27)42(58)52(41(31)57)34-22-21-30(53)23-35(34)54;/h5-7,10-12,14-15,17-20,33-34H,8-9,13,16,21-25H2,1-4H3,(H,45,55)(H,46,59)(H2,47,48,49,56);1H2/t33-,34?;/m1./s1. The molecular weight excluding hydrogens is 785 g/mol. The highest BCUT2D eigenvalue weighted by atomic mass is 32.1. The number of unbranched alkanes of at least 4 members (excludes halogenated alkanes) is 1. The minimum absolute atomic E-state index is 0. The smallest absolute Gasteiger partial charge is 0.319 e. The number of carbonyl (C=O) groups excluding carboxylic acids is 7. The maximum absolute atomic E-state index is 13.7. The highest BCUT2D eigenvalue weighted by Crippen LogP contribution is 2.41. The normalized spacial score (nSPS) is 17.2. The van der Waals surface area contributed by atoms with Gasteiger partial charge in [0, 0.05) is 36.2 Å². The van der Waals surface area contributed by atoms with Gasteiger partial charge in [0.15, 0.2) is 11.6 Å². The van der Waals surface area contributed by atoms with Crippen molar-refractivity contribution in [1.29, 1.82) is 0 Å². The molecule has 3 heterocycles. The second kappa shape index (κ2) is 18.0. The van der Waals surface area contributed by atoms with Gasteiger partial charge in [-0.1, -0.05) is 42.5 Å². The molecule has 3 aromatic carbocycles. The third-order valence-electron chi connectivity index (χ3n) is 11.3. The molecule has 7 rings (SSSR count). The maximum atomic E-state index is 13.7. The number of amides is 6. The minimum atomic E-state index is -0.926. The summed E-state index contributed by atoms with van der Waals surface area (Å²) in [5.74, 6) is -1.90. The number of aromatic nitrogens is 2. The molecule has 0 bridgehead atoms. The average molecular weight is 835 g/mol. The third-order valence-corrected chi connectivity index (χ3v) is 11.3. The molecule has 1 aromatic heterocycles. The zero-order valence-electron chi connectivity index (χ0n) is 34.1. The molecule has 1 saturated carbocycles. The van der Waals surface area contributed by atoms with E-state index in [-0.39, 0.29) is 80.6 Å². The van der Waals surface area contributed by atoms with E-state index in [1.165, 1.54) is 0 Å². The van der Waals surface area contributed by atoms with Gasteiger partial charge in [-0.25, -0.2) is 4.79 Å². The quantitative estimate of drug-likeness (QED) is 0.0767. The van der Waals surface area contributed by atoms with Crippen LogP contribution in [0, 0.1) is 0 Å². The van der Waals surface area contributed by atoms with Crippen LogP contribution in [0.4, 0.5) is 16.3 Å². The van der Waals surface area contributed by atoms with Crippen LogP contribution in [0.5, 0.6) is 0 Å². The van der Waals surface area contributed by atoms with Gasteiger partial charge in [-0.3, -0.25) is 38.8 Å². The Hall–Kier alpha value is -6.13. The van der Waals surface area contributed by atoms with E-state index in [2.05, 4.69) is 26.1 Å². The second-order valence-corrected chi connectivity index (χ2v) is 16.1. The van der Waals surface area contributed by atoms with Gasteiger partial charge in [-0.2, -0.15) is 18.6 Å². The molecule has 6 amide bonds. The number of nitrogens with one attached hydrogen (secondary N) is 4. The average Bonchev–Trinajstić information content (AvgIpc) is 3.82. The third kappa shape index (κ3) is 8.89. The molecule has 314 valence electrons. The van der Waals surface area contributed by atoms with Crippen molar-refractivity contribution in [3.8, 4) is 0 Å². The fourth-order valence-corrected chi connectivity index (χ4v) is 8.16. The minimum Gasteiger partial charge on any atom is -0.330 e. The van der Waals surface area contributed by atoms with Gasteiger partial charge in [-0.15, -0.1) is 0 Å². The fourth-order valence-electron chi connectivity index (χ4n) is 8.16. The number of hydrogen-bond acceptors (Lipinski definition) is 9. The van der Waals surface area contributed by atoms with Crippen molar-refractivity contribution >= 4 is 66.2 Å². The van der Waals surface area contributed by atoms with Crippen LogP contribution in [0.1, 0.15) is 112 Å². The Balaban J connectivity index is 0.00000604. The number of likely N-dealkylation sites (N-methyl/N-ethyl adjacent to an activating group) is 1. The van der Waals surface area contributed by atoms with Crippen LogP contribution in [-0.2, 0) is 32.9 Å². The molecule has 60 heavy (non-hydrogen) atoms. The van der Waals surface area contributed by atoms with Crippen molar-refractivity contribution in [3.63, 3.8) is 0 Å². The van der Waals surface area contributed by atoms with E-state index in [1.807, 2.05) is 63.2 Å². The van der Waals surface area contributed by atoms with Crippen LogP contribution in [0.25, 0.3) is 0 Å². The summed E-state index contributed by atoms with van der Waals surface area (Å²) in [6, 6.07) is 20.0. The monoisotopic (exact) mass is 834 g/mol. The first-order chi connectivity index (χ1) is 28.2. The summed E-state index contributed by atoms with van der Waals surface area (Å²) in [6.07, 6.45) is 1.78. The van der Waals surface area contributed by atoms with E-state index in [4.69, 9.17) is 0 Å². The second-order valence-electron chi connectivity index (χ2n) is 16.1. The first kappa shape index (κ1) is 43.4. The molecule has 4 N–H and O–H groups in total. The number of rotatable bonds is 13. The number of anilines is 2. The largest absolute Gasteiger partial charge is 0.330 e. The molecule has 15 nitrogen and oxygen atoms in total. The molecular formula is C44H50N8O7S. The molecule has 1 unspecified atom stereocenters. The van der Waals surface area contributed by atoms with Crippen molar-refractivity contribution in [1.82, 2.24) is 30.2 Å². The number of urea groups is 1. The SMILES string of the molecule is CN(C)C[C@@H](NC(=O)N1Cc2c(NC(=O)c3ccc(NC(=O)CCCCc4cccc5c4C(=O)N(C4CCC(=O)CC4=O)C5=O)cc3)n[nH]c2C1(C)C)c1ccccc1.S.